The van der Waals surface area contributed by atoms with Gasteiger partial charge < -0.3 is 9.53 Å². The molecule has 0 atom stereocenters. The van der Waals surface area contributed by atoms with Crippen molar-refractivity contribution in [2.24, 2.45) is 0 Å². The van der Waals surface area contributed by atoms with Gasteiger partial charge in [-0.2, -0.15) is 5.10 Å². The van der Waals surface area contributed by atoms with E-state index in [1.807, 2.05) is 0 Å². The van der Waals surface area contributed by atoms with E-state index in [2.05, 4.69) is 15.1 Å². The number of rotatable bonds is 6. The molecule has 0 saturated carbocycles. The highest BCUT2D eigenvalue weighted by atomic mass is 16.5. The predicted molar refractivity (Wildman–Crippen MR) is 82.2 cm³/mol. The lowest BCUT2D eigenvalue weighted by Gasteiger charge is -2.05. The summed E-state index contributed by atoms with van der Waals surface area (Å²) in [7, 11) is 0. The maximum absolute atomic E-state index is 11.7. The average molecular weight is 310 g/mol. The molecule has 2 aromatic heterocycles. The van der Waals surface area contributed by atoms with Crippen molar-refractivity contribution >= 4 is 23.0 Å². The van der Waals surface area contributed by atoms with Gasteiger partial charge in [0.15, 0.2) is 11.6 Å². The van der Waals surface area contributed by atoms with Crippen molar-refractivity contribution in [3.8, 4) is 5.75 Å². The minimum absolute atomic E-state index is 0.0990. The molecule has 0 aliphatic heterocycles. The minimum atomic E-state index is -0.164. The van der Waals surface area contributed by atoms with E-state index in [0.717, 1.165) is 6.29 Å². The van der Waals surface area contributed by atoms with Gasteiger partial charge in [-0.1, -0.05) is 0 Å². The smallest absolute Gasteiger partial charge is 0.180 e. The van der Waals surface area contributed by atoms with Crippen LogP contribution in [-0.4, -0.2) is 31.8 Å². The second-order valence-electron chi connectivity index (χ2n) is 4.89. The number of carbonyl (C=O) groups excluding carboxylic acids is 2. The molecule has 0 aliphatic carbocycles. The van der Waals surface area contributed by atoms with Gasteiger partial charge in [0, 0.05) is 24.7 Å². The molecule has 0 unspecified atom stereocenters. The van der Waals surface area contributed by atoms with Gasteiger partial charge in [-0.15, -0.1) is 0 Å². The number of aromatic nitrogens is 4. The topological polar surface area (TPSA) is 87.0 Å². The van der Waals surface area contributed by atoms with Crippen LogP contribution in [0, 0.1) is 0 Å². The van der Waals surface area contributed by atoms with Gasteiger partial charge in [0.25, 0.3) is 0 Å². The quantitative estimate of drug-likeness (QED) is 0.510. The minimum Gasteiger partial charge on any atom is -0.486 e. The van der Waals surface area contributed by atoms with Gasteiger partial charge >= 0.3 is 0 Å². The van der Waals surface area contributed by atoms with Crippen LogP contribution >= 0.6 is 0 Å². The zero-order chi connectivity index (χ0) is 16.2. The molecule has 23 heavy (non-hydrogen) atoms. The van der Waals surface area contributed by atoms with Gasteiger partial charge in [-0.25, -0.2) is 9.97 Å². The van der Waals surface area contributed by atoms with Crippen LogP contribution in [0.5, 0.6) is 5.75 Å². The Morgan fingerprint density at radius 2 is 2.09 bits per heavy atom. The van der Waals surface area contributed by atoms with Crippen molar-refractivity contribution in [3.63, 3.8) is 0 Å². The Bertz CT molecular complexity index is 858. The Morgan fingerprint density at radius 3 is 2.78 bits per heavy atom. The molecule has 116 valence electrons. The number of carbonyl (C=O) groups is 2. The summed E-state index contributed by atoms with van der Waals surface area (Å²) in [4.78, 5) is 30.7. The molecule has 0 N–H and O–H groups in total. The highest BCUT2D eigenvalue weighted by Gasteiger charge is 2.15. The van der Waals surface area contributed by atoms with Crippen molar-refractivity contribution in [1.82, 2.24) is 19.7 Å². The zero-order valence-electron chi connectivity index (χ0n) is 12.5. The van der Waals surface area contributed by atoms with E-state index in [9.17, 15) is 9.59 Å². The van der Waals surface area contributed by atoms with Crippen LogP contribution in [0.4, 0.5) is 0 Å². The molecule has 0 amide bonds. The van der Waals surface area contributed by atoms with E-state index < -0.39 is 0 Å². The molecule has 0 fully saturated rings. The van der Waals surface area contributed by atoms with Gasteiger partial charge in [-0.05, 0) is 24.3 Å². The van der Waals surface area contributed by atoms with Gasteiger partial charge in [-0.3, -0.25) is 9.48 Å². The molecule has 7 nitrogen and oxygen atoms in total. The Balaban J connectivity index is 1.92. The maximum Gasteiger partial charge on any atom is 0.180 e. The molecule has 3 aromatic rings. The second-order valence-corrected chi connectivity index (χ2v) is 4.89. The fraction of sp³-hybridized carbons (Fsp3) is 0.188. The first-order valence-corrected chi connectivity index (χ1v) is 7.03. The first-order chi connectivity index (χ1) is 11.2. The van der Waals surface area contributed by atoms with Crippen molar-refractivity contribution in [1.29, 1.82) is 0 Å². The molecule has 0 aliphatic rings. The molecular weight excluding hydrogens is 296 g/mol. The highest BCUT2D eigenvalue weighted by molar-refractivity contribution is 6.05. The number of ketones is 1. The number of fused-ring (bicyclic) bond motifs is 1. The van der Waals surface area contributed by atoms with E-state index >= 15 is 0 Å². The molecule has 0 saturated heterocycles. The summed E-state index contributed by atoms with van der Waals surface area (Å²) in [5, 5.41) is 4.85. The number of hydrogen-bond donors (Lipinski definition) is 0. The Hall–Kier alpha value is -3.09. The van der Waals surface area contributed by atoms with Crippen molar-refractivity contribution < 1.29 is 14.3 Å². The normalized spacial score (nSPS) is 10.7. The Kier molecular flexibility index (Phi) is 4.09. The largest absolute Gasteiger partial charge is 0.486 e. The summed E-state index contributed by atoms with van der Waals surface area (Å²) < 4.78 is 7.16. The van der Waals surface area contributed by atoms with Crippen LogP contribution < -0.4 is 4.74 Å². The molecule has 0 bridgehead atoms. The Morgan fingerprint density at radius 1 is 1.30 bits per heavy atom. The molecule has 0 spiro atoms. The summed E-state index contributed by atoms with van der Waals surface area (Å²) in [6.45, 7) is 1.77. The molecule has 1 aromatic carbocycles. The SMILES string of the molecule is CC(=O)c1nn(CC=O)c2ccc(OCc3ncccn3)cc12. The number of nitrogens with zero attached hydrogens (tertiary/aromatic N) is 4. The van der Waals surface area contributed by atoms with E-state index in [4.69, 9.17) is 4.74 Å². The van der Waals surface area contributed by atoms with Crippen molar-refractivity contribution in [2.75, 3.05) is 0 Å². The van der Waals surface area contributed by atoms with Crippen LogP contribution in [0.15, 0.2) is 36.7 Å². The highest BCUT2D eigenvalue weighted by Crippen LogP contribution is 2.25. The van der Waals surface area contributed by atoms with E-state index in [0.29, 0.717) is 28.2 Å². The van der Waals surface area contributed by atoms with E-state index in [1.54, 1.807) is 36.7 Å². The third-order valence-corrected chi connectivity index (χ3v) is 3.29. The summed E-state index contributed by atoms with van der Waals surface area (Å²) in [6, 6.07) is 7.01. The second kappa shape index (κ2) is 6.35. The average Bonchev–Trinajstić information content (AvgIpc) is 2.93. The lowest BCUT2D eigenvalue weighted by Crippen LogP contribution is -2.02. The third kappa shape index (κ3) is 3.08. The van der Waals surface area contributed by atoms with Gasteiger partial charge in [0.2, 0.25) is 0 Å². The van der Waals surface area contributed by atoms with E-state index in [-0.39, 0.29) is 18.9 Å². The lowest BCUT2D eigenvalue weighted by atomic mass is 10.1. The third-order valence-electron chi connectivity index (χ3n) is 3.29. The molecule has 7 heteroatoms. The van der Waals surface area contributed by atoms with Crippen LogP contribution in [0.1, 0.15) is 23.2 Å². The fourth-order valence-electron chi connectivity index (χ4n) is 2.27. The fourth-order valence-corrected chi connectivity index (χ4v) is 2.27. The van der Waals surface area contributed by atoms with E-state index in [1.165, 1.54) is 11.6 Å². The monoisotopic (exact) mass is 310 g/mol. The van der Waals surface area contributed by atoms with Crippen molar-refractivity contribution in [2.45, 2.75) is 20.1 Å². The maximum atomic E-state index is 11.7. The summed E-state index contributed by atoms with van der Waals surface area (Å²) >= 11 is 0. The molecular formula is C16H14N4O3. The van der Waals surface area contributed by atoms with Crippen LogP contribution in [0.25, 0.3) is 10.9 Å². The van der Waals surface area contributed by atoms with Crippen LogP contribution in [-0.2, 0) is 17.9 Å². The lowest BCUT2D eigenvalue weighted by molar-refractivity contribution is -0.108. The van der Waals surface area contributed by atoms with Crippen molar-refractivity contribution in [3.05, 3.63) is 48.2 Å². The van der Waals surface area contributed by atoms with Gasteiger partial charge in [0.05, 0.1) is 12.1 Å². The predicted octanol–water partition coefficient (Wildman–Crippen LogP) is 1.81. The summed E-state index contributed by atoms with van der Waals surface area (Å²) in [5.74, 6) is 0.984. The number of aldehydes is 1. The number of hydrogen-bond acceptors (Lipinski definition) is 6. The first kappa shape index (κ1) is 14.8. The van der Waals surface area contributed by atoms with Gasteiger partial charge in [0.1, 0.15) is 24.3 Å². The molecule has 2 heterocycles. The standard InChI is InChI=1S/C16H14N4O3/c1-11(22)16-13-9-12(23-10-15-17-5-2-6-18-15)3-4-14(13)20(19-16)7-8-21/h2-6,8-9H,7,10H2,1H3. The van der Waals surface area contributed by atoms with Crippen LogP contribution in [0.3, 0.4) is 0 Å². The molecule has 0 radical (unpaired) electrons. The Labute approximate surface area is 131 Å². The number of Topliss-reactive ketones (excluding diaryl/α,β-unsaturated/α-hetero) is 1. The zero-order valence-corrected chi connectivity index (χ0v) is 12.5. The molecule has 3 rings (SSSR count). The van der Waals surface area contributed by atoms with Crippen LogP contribution in [0.2, 0.25) is 0 Å². The summed E-state index contributed by atoms with van der Waals surface area (Å²) in [6.07, 6.45) is 4.03. The summed E-state index contributed by atoms with van der Waals surface area (Å²) in [5.41, 5.74) is 1.04. The first-order valence-electron chi connectivity index (χ1n) is 7.03. The number of ether oxygens (including phenoxy) is 1. The number of benzene rings is 1.